The SMILES string of the molecule is COc1cc2cc(c1OC)OCCCC(OC(=O)c1cnc(C)c(C)c1)CCN1CCCN(CCCOC2=O)CC1. The van der Waals surface area contributed by atoms with E-state index in [1.54, 1.807) is 18.3 Å². The number of pyridine rings is 1. The maximum Gasteiger partial charge on any atom is 0.339 e. The van der Waals surface area contributed by atoms with Crippen molar-refractivity contribution in [1.82, 2.24) is 14.8 Å². The minimum Gasteiger partial charge on any atom is -0.493 e. The molecule has 2 aliphatic rings. The van der Waals surface area contributed by atoms with Gasteiger partial charge in [0.15, 0.2) is 11.5 Å². The van der Waals surface area contributed by atoms with Crippen LogP contribution in [0.4, 0.5) is 0 Å². The van der Waals surface area contributed by atoms with Crippen LogP contribution in [-0.2, 0) is 9.47 Å². The molecule has 3 atom stereocenters. The fraction of sp³-hybridized carbons (Fsp3) is 0.581. The molecule has 4 rings (SSSR count). The number of aromatic nitrogens is 1. The Balaban J connectivity index is 1.51. The summed E-state index contributed by atoms with van der Waals surface area (Å²) in [6.07, 6.45) is 5.14. The minimum absolute atomic E-state index is 0.271. The summed E-state index contributed by atoms with van der Waals surface area (Å²) in [5, 5.41) is 0. The van der Waals surface area contributed by atoms with E-state index < -0.39 is 5.97 Å². The van der Waals surface area contributed by atoms with Crippen molar-refractivity contribution in [2.45, 2.75) is 52.1 Å². The van der Waals surface area contributed by atoms with Crippen molar-refractivity contribution < 1.29 is 33.3 Å². The lowest BCUT2D eigenvalue weighted by atomic mass is 10.1. The molecule has 0 amide bonds. The lowest BCUT2D eigenvalue weighted by molar-refractivity contribution is 0.0221. The molecule has 1 aromatic carbocycles. The van der Waals surface area contributed by atoms with Crippen molar-refractivity contribution in [1.29, 1.82) is 0 Å². The van der Waals surface area contributed by atoms with E-state index in [4.69, 9.17) is 23.7 Å². The monoisotopic (exact) mass is 569 g/mol. The number of nitrogens with zero attached hydrogens (tertiary/aromatic N) is 3. The van der Waals surface area contributed by atoms with Crippen LogP contribution in [0.5, 0.6) is 17.2 Å². The van der Waals surface area contributed by atoms with Crippen LogP contribution in [0.2, 0.25) is 0 Å². The fourth-order valence-electron chi connectivity index (χ4n) is 5.22. The number of rotatable bonds is 4. The predicted octanol–water partition coefficient (Wildman–Crippen LogP) is 4.06. The number of cyclic esters (lactones) is 1. The Labute approximate surface area is 242 Å². The second-order valence-electron chi connectivity index (χ2n) is 10.7. The molecule has 0 radical (unpaired) electrons. The molecule has 3 unspecified atom stereocenters. The van der Waals surface area contributed by atoms with E-state index >= 15 is 0 Å². The molecule has 41 heavy (non-hydrogen) atoms. The molecule has 4 bridgehead atoms. The van der Waals surface area contributed by atoms with Gasteiger partial charge in [0.1, 0.15) is 6.10 Å². The van der Waals surface area contributed by atoms with Gasteiger partial charge in [0.2, 0.25) is 5.75 Å². The van der Waals surface area contributed by atoms with Crippen LogP contribution in [0.1, 0.15) is 64.1 Å². The van der Waals surface area contributed by atoms with Gasteiger partial charge in [-0.15, -0.1) is 0 Å². The molecular weight excluding hydrogens is 526 g/mol. The average Bonchev–Trinajstić information content (AvgIpc) is 3.21. The molecule has 0 saturated carbocycles. The second kappa shape index (κ2) is 15.0. The molecule has 2 aliphatic heterocycles. The Morgan fingerprint density at radius 3 is 2.34 bits per heavy atom. The third-order valence-corrected chi connectivity index (χ3v) is 7.76. The normalized spacial score (nSPS) is 22.6. The summed E-state index contributed by atoms with van der Waals surface area (Å²) >= 11 is 0. The van der Waals surface area contributed by atoms with Gasteiger partial charge < -0.3 is 33.5 Å². The van der Waals surface area contributed by atoms with Gasteiger partial charge in [-0.2, -0.15) is 0 Å². The van der Waals surface area contributed by atoms with E-state index in [0.29, 0.717) is 54.4 Å². The van der Waals surface area contributed by atoms with E-state index in [1.807, 2.05) is 19.9 Å². The number of carbonyl (C=O) groups is 2. The molecule has 3 heterocycles. The summed E-state index contributed by atoms with van der Waals surface area (Å²) in [7, 11) is 3.05. The van der Waals surface area contributed by atoms with E-state index in [-0.39, 0.29) is 12.1 Å². The zero-order valence-electron chi connectivity index (χ0n) is 24.8. The Hall–Kier alpha value is -3.37. The number of ether oxygens (including phenoxy) is 5. The molecule has 0 aliphatic carbocycles. The predicted molar refractivity (Wildman–Crippen MR) is 154 cm³/mol. The van der Waals surface area contributed by atoms with Gasteiger partial charge in [-0.1, -0.05) is 0 Å². The summed E-state index contributed by atoms with van der Waals surface area (Å²) in [6, 6.07) is 5.07. The molecule has 1 aromatic heterocycles. The highest BCUT2D eigenvalue weighted by molar-refractivity contribution is 5.91. The van der Waals surface area contributed by atoms with Crippen LogP contribution in [0.15, 0.2) is 24.4 Å². The average molecular weight is 570 g/mol. The standard InChI is InChI=1S/C31H43N3O7/c1-22-18-25(21-32-23(22)2)31(36)41-26-8-5-16-39-28-20-24(19-27(37-3)29(28)38-4)30(35)40-17-7-12-33-10-6-11-34(13-9-26)15-14-33/h18-21,26H,5-17H2,1-4H3. The van der Waals surface area contributed by atoms with Crippen molar-refractivity contribution in [2.75, 3.05) is 66.7 Å². The van der Waals surface area contributed by atoms with Crippen LogP contribution in [0, 0.1) is 13.8 Å². The Morgan fingerprint density at radius 2 is 1.61 bits per heavy atom. The fourth-order valence-corrected chi connectivity index (χ4v) is 5.22. The van der Waals surface area contributed by atoms with Gasteiger partial charge in [-0.3, -0.25) is 4.98 Å². The highest BCUT2D eigenvalue weighted by Gasteiger charge is 2.22. The maximum atomic E-state index is 13.1. The first-order chi connectivity index (χ1) is 19.9. The Morgan fingerprint density at radius 1 is 0.878 bits per heavy atom. The third kappa shape index (κ3) is 8.56. The number of fused-ring (bicyclic) bond motifs is 5. The maximum absolute atomic E-state index is 13.1. The molecule has 1 fully saturated rings. The van der Waals surface area contributed by atoms with E-state index in [0.717, 1.165) is 69.8 Å². The largest absolute Gasteiger partial charge is 0.493 e. The van der Waals surface area contributed by atoms with Gasteiger partial charge in [-0.25, -0.2) is 9.59 Å². The van der Waals surface area contributed by atoms with Crippen LogP contribution in [0.3, 0.4) is 0 Å². The summed E-state index contributed by atoms with van der Waals surface area (Å²) in [5.41, 5.74) is 2.66. The third-order valence-electron chi connectivity index (χ3n) is 7.76. The van der Waals surface area contributed by atoms with Gasteiger partial charge in [0.05, 0.1) is 38.6 Å². The molecule has 224 valence electrons. The molecule has 10 heteroatoms. The van der Waals surface area contributed by atoms with Crippen molar-refractivity contribution in [2.24, 2.45) is 0 Å². The first-order valence-electron chi connectivity index (χ1n) is 14.5. The Kier molecular flexibility index (Phi) is 11.2. The minimum atomic E-state index is -0.427. The lowest BCUT2D eigenvalue weighted by Crippen LogP contribution is -2.34. The van der Waals surface area contributed by atoms with Gasteiger partial charge in [-0.05, 0) is 82.8 Å². The number of aryl methyl sites for hydroxylation is 2. The number of carbonyl (C=O) groups excluding carboxylic acids is 2. The molecule has 10 nitrogen and oxygen atoms in total. The van der Waals surface area contributed by atoms with Gasteiger partial charge in [0.25, 0.3) is 0 Å². The smallest absolute Gasteiger partial charge is 0.339 e. The molecule has 0 N–H and O–H groups in total. The quantitative estimate of drug-likeness (QED) is 0.501. The van der Waals surface area contributed by atoms with E-state index in [1.165, 1.54) is 14.2 Å². The summed E-state index contributed by atoms with van der Waals surface area (Å²) < 4.78 is 28.7. The zero-order chi connectivity index (χ0) is 29.2. The second-order valence-corrected chi connectivity index (χ2v) is 10.7. The number of esters is 2. The number of hydrogen-bond donors (Lipinski definition) is 0. The van der Waals surface area contributed by atoms with Crippen LogP contribution < -0.4 is 14.2 Å². The van der Waals surface area contributed by atoms with E-state index in [9.17, 15) is 9.59 Å². The highest BCUT2D eigenvalue weighted by Crippen LogP contribution is 2.39. The summed E-state index contributed by atoms with van der Waals surface area (Å²) in [5.74, 6) is 0.421. The number of benzene rings is 1. The topological polar surface area (TPSA) is 99.7 Å². The van der Waals surface area contributed by atoms with Crippen molar-refractivity contribution in [3.05, 3.63) is 46.8 Å². The first kappa shape index (κ1) is 30.6. The molecular formula is C31H43N3O7. The van der Waals surface area contributed by atoms with E-state index in [2.05, 4.69) is 14.8 Å². The number of methoxy groups -OCH3 is 2. The Bertz CT molecular complexity index is 1190. The summed E-state index contributed by atoms with van der Waals surface area (Å²) in [6.45, 7) is 10.2. The highest BCUT2D eigenvalue weighted by atomic mass is 16.5. The zero-order valence-corrected chi connectivity index (χ0v) is 24.8. The summed E-state index contributed by atoms with van der Waals surface area (Å²) in [4.78, 5) is 35.1. The first-order valence-corrected chi connectivity index (χ1v) is 14.5. The molecule has 1 saturated heterocycles. The van der Waals surface area contributed by atoms with Crippen molar-refractivity contribution in [3.8, 4) is 17.2 Å². The van der Waals surface area contributed by atoms with Crippen LogP contribution in [0.25, 0.3) is 0 Å². The molecule has 0 spiro atoms. The lowest BCUT2D eigenvalue weighted by Gasteiger charge is -2.24. The van der Waals surface area contributed by atoms with Gasteiger partial charge in [0, 0.05) is 38.1 Å². The van der Waals surface area contributed by atoms with Crippen molar-refractivity contribution in [3.63, 3.8) is 0 Å². The van der Waals surface area contributed by atoms with Crippen molar-refractivity contribution >= 4 is 11.9 Å². The van der Waals surface area contributed by atoms with Crippen LogP contribution >= 0.6 is 0 Å². The van der Waals surface area contributed by atoms with Crippen LogP contribution in [-0.4, -0.2) is 99.5 Å². The molecule has 2 aromatic rings. The number of hydrogen-bond acceptors (Lipinski definition) is 10. The van der Waals surface area contributed by atoms with Gasteiger partial charge >= 0.3 is 11.9 Å².